The van der Waals surface area contributed by atoms with E-state index in [1.165, 1.54) is 4.90 Å². The van der Waals surface area contributed by atoms with Crippen LogP contribution in [0, 0.1) is 5.92 Å². The lowest BCUT2D eigenvalue weighted by Crippen LogP contribution is -2.40. The number of hydrogen-bond acceptors (Lipinski definition) is 3. The fourth-order valence-corrected chi connectivity index (χ4v) is 1.90. The summed E-state index contributed by atoms with van der Waals surface area (Å²) in [4.78, 5) is 24.6. The summed E-state index contributed by atoms with van der Waals surface area (Å²) in [7, 11) is 0. The van der Waals surface area contributed by atoms with Crippen molar-refractivity contribution in [3.8, 4) is 0 Å². The maximum Gasteiger partial charge on any atom is 0.232 e. The number of carbonyl (C=O) groups excluding carboxylic acids is 2. The number of rotatable bonds is 4. The first-order chi connectivity index (χ1) is 6.61. The van der Waals surface area contributed by atoms with Crippen LogP contribution in [0.4, 0.5) is 0 Å². The van der Waals surface area contributed by atoms with Crippen molar-refractivity contribution in [1.29, 1.82) is 0 Å². The highest BCUT2D eigenvalue weighted by molar-refractivity contribution is 6.03. The van der Waals surface area contributed by atoms with E-state index < -0.39 is 0 Å². The quantitative estimate of drug-likeness (QED) is 0.669. The van der Waals surface area contributed by atoms with Crippen LogP contribution < -0.4 is 5.73 Å². The fraction of sp³-hybridized carbons (Fsp3) is 0.800. The van der Waals surface area contributed by atoms with Crippen LogP contribution in [-0.2, 0) is 9.59 Å². The summed E-state index contributed by atoms with van der Waals surface area (Å²) >= 11 is 0. The molecule has 2 atom stereocenters. The Balaban J connectivity index is 2.74. The summed E-state index contributed by atoms with van der Waals surface area (Å²) in [5.41, 5.74) is 5.45. The number of likely N-dealkylation sites (tertiary alicyclic amines) is 1. The van der Waals surface area contributed by atoms with Gasteiger partial charge in [-0.25, -0.2) is 0 Å². The predicted molar refractivity (Wildman–Crippen MR) is 53.4 cm³/mol. The van der Waals surface area contributed by atoms with E-state index in [-0.39, 0.29) is 23.8 Å². The highest BCUT2D eigenvalue weighted by Crippen LogP contribution is 2.23. The molecule has 1 fully saturated rings. The molecule has 1 aliphatic rings. The molecule has 4 heteroatoms. The van der Waals surface area contributed by atoms with Crippen molar-refractivity contribution < 1.29 is 9.59 Å². The maximum atomic E-state index is 11.7. The highest BCUT2D eigenvalue weighted by atomic mass is 16.2. The average molecular weight is 198 g/mol. The topological polar surface area (TPSA) is 63.4 Å². The fourth-order valence-electron chi connectivity index (χ4n) is 1.90. The maximum absolute atomic E-state index is 11.7. The van der Waals surface area contributed by atoms with Gasteiger partial charge in [-0.1, -0.05) is 13.8 Å². The SMILES string of the molecule is CCC(CCN)N1C(=O)CC(C)C1=O. The number of nitrogens with two attached hydrogens (primary N) is 1. The van der Waals surface area contributed by atoms with E-state index in [9.17, 15) is 9.59 Å². The van der Waals surface area contributed by atoms with Gasteiger partial charge in [-0.2, -0.15) is 0 Å². The van der Waals surface area contributed by atoms with Gasteiger partial charge in [0.1, 0.15) is 0 Å². The van der Waals surface area contributed by atoms with Gasteiger partial charge in [0, 0.05) is 18.4 Å². The zero-order valence-electron chi connectivity index (χ0n) is 8.82. The molecule has 2 N–H and O–H groups in total. The second kappa shape index (κ2) is 4.55. The number of imide groups is 1. The van der Waals surface area contributed by atoms with Crippen molar-refractivity contribution >= 4 is 11.8 Å². The Kier molecular flexibility index (Phi) is 3.63. The van der Waals surface area contributed by atoms with Crippen LogP contribution in [-0.4, -0.2) is 29.3 Å². The average Bonchev–Trinajstić information content (AvgIpc) is 2.39. The van der Waals surface area contributed by atoms with Crippen molar-refractivity contribution in [2.24, 2.45) is 11.7 Å². The van der Waals surface area contributed by atoms with Crippen molar-refractivity contribution in [1.82, 2.24) is 4.90 Å². The third kappa shape index (κ3) is 1.95. The zero-order valence-corrected chi connectivity index (χ0v) is 8.82. The normalized spacial score (nSPS) is 24.5. The van der Waals surface area contributed by atoms with E-state index in [1.807, 2.05) is 6.92 Å². The zero-order chi connectivity index (χ0) is 10.7. The lowest BCUT2D eigenvalue weighted by atomic mass is 10.1. The van der Waals surface area contributed by atoms with E-state index in [0.717, 1.165) is 6.42 Å². The Morgan fingerprint density at radius 2 is 2.21 bits per heavy atom. The first-order valence-corrected chi connectivity index (χ1v) is 5.17. The molecule has 0 aromatic rings. The van der Waals surface area contributed by atoms with Gasteiger partial charge < -0.3 is 5.73 Å². The molecule has 0 aliphatic carbocycles. The van der Waals surface area contributed by atoms with Gasteiger partial charge in [0.05, 0.1) is 0 Å². The van der Waals surface area contributed by atoms with E-state index in [4.69, 9.17) is 5.73 Å². The molecule has 1 saturated heterocycles. The van der Waals surface area contributed by atoms with Crippen LogP contribution in [0.3, 0.4) is 0 Å². The van der Waals surface area contributed by atoms with E-state index >= 15 is 0 Å². The summed E-state index contributed by atoms with van der Waals surface area (Å²) < 4.78 is 0. The van der Waals surface area contributed by atoms with Crippen LogP contribution >= 0.6 is 0 Å². The second-order valence-electron chi connectivity index (χ2n) is 3.85. The van der Waals surface area contributed by atoms with Crippen LogP contribution in [0.5, 0.6) is 0 Å². The van der Waals surface area contributed by atoms with E-state index in [1.54, 1.807) is 6.92 Å². The molecule has 0 aromatic carbocycles. The minimum absolute atomic E-state index is 0.00458. The monoisotopic (exact) mass is 198 g/mol. The van der Waals surface area contributed by atoms with Crippen molar-refractivity contribution in [3.63, 3.8) is 0 Å². The predicted octanol–water partition coefficient (Wildman–Crippen LogP) is 0.509. The smallest absolute Gasteiger partial charge is 0.232 e. The third-order valence-corrected chi connectivity index (χ3v) is 2.74. The Morgan fingerprint density at radius 3 is 2.57 bits per heavy atom. The summed E-state index contributed by atoms with van der Waals surface area (Å²) in [6, 6.07) is 0.00458. The molecule has 0 spiro atoms. The number of amides is 2. The van der Waals surface area contributed by atoms with Crippen LogP contribution in [0.2, 0.25) is 0 Å². The lowest BCUT2D eigenvalue weighted by Gasteiger charge is -2.24. The molecule has 80 valence electrons. The summed E-state index contributed by atoms with van der Waals surface area (Å²) in [5, 5.41) is 0. The van der Waals surface area contributed by atoms with Crippen LogP contribution in [0.25, 0.3) is 0 Å². The second-order valence-corrected chi connectivity index (χ2v) is 3.85. The van der Waals surface area contributed by atoms with Crippen LogP contribution in [0.15, 0.2) is 0 Å². The van der Waals surface area contributed by atoms with E-state index in [2.05, 4.69) is 0 Å². The van der Waals surface area contributed by atoms with E-state index in [0.29, 0.717) is 19.4 Å². The Labute approximate surface area is 84.4 Å². The number of hydrogen-bond donors (Lipinski definition) is 1. The van der Waals surface area contributed by atoms with Gasteiger partial charge in [0.2, 0.25) is 11.8 Å². The van der Waals surface area contributed by atoms with Gasteiger partial charge in [0.15, 0.2) is 0 Å². The summed E-state index contributed by atoms with van der Waals surface area (Å²) in [6.45, 7) is 4.29. The molecule has 4 nitrogen and oxygen atoms in total. The van der Waals surface area contributed by atoms with Gasteiger partial charge in [-0.3, -0.25) is 14.5 Å². The molecular formula is C10H18N2O2. The minimum Gasteiger partial charge on any atom is -0.330 e. The molecule has 0 aromatic heterocycles. The van der Waals surface area contributed by atoms with Gasteiger partial charge in [0.25, 0.3) is 0 Å². The molecule has 14 heavy (non-hydrogen) atoms. The van der Waals surface area contributed by atoms with Crippen LogP contribution in [0.1, 0.15) is 33.1 Å². The molecule has 0 bridgehead atoms. The Bertz CT molecular complexity index is 240. The molecule has 1 rings (SSSR count). The van der Waals surface area contributed by atoms with Gasteiger partial charge >= 0.3 is 0 Å². The number of nitrogens with zero attached hydrogens (tertiary/aromatic N) is 1. The molecule has 0 radical (unpaired) electrons. The molecule has 1 aliphatic heterocycles. The third-order valence-electron chi connectivity index (χ3n) is 2.74. The lowest BCUT2D eigenvalue weighted by molar-refractivity contribution is -0.142. The first kappa shape index (κ1) is 11.2. The van der Waals surface area contributed by atoms with Crippen molar-refractivity contribution in [2.45, 2.75) is 39.2 Å². The minimum atomic E-state index is -0.144. The highest BCUT2D eigenvalue weighted by Gasteiger charge is 2.38. The molecular weight excluding hydrogens is 180 g/mol. The van der Waals surface area contributed by atoms with Gasteiger partial charge in [-0.05, 0) is 19.4 Å². The molecule has 2 unspecified atom stereocenters. The largest absolute Gasteiger partial charge is 0.330 e. The Hall–Kier alpha value is -0.900. The first-order valence-electron chi connectivity index (χ1n) is 5.17. The number of carbonyl (C=O) groups is 2. The Morgan fingerprint density at radius 1 is 1.57 bits per heavy atom. The molecule has 2 amide bonds. The standard InChI is InChI=1S/C10H18N2O2/c1-3-8(4-5-11)12-9(13)6-7(2)10(12)14/h7-8H,3-6,11H2,1-2H3. The molecule has 0 saturated carbocycles. The van der Waals surface area contributed by atoms with Crippen molar-refractivity contribution in [3.05, 3.63) is 0 Å². The summed E-state index contributed by atoms with van der Waals surface area (Å²) in [6.07, 6.45) is 1.86. The summed E-state index contributed by atoms with van der Waals surface area (Å²) in [5.74, 6) is -0.215. The molecule has 1 heterocycles. The van der Waals surface area contributed by atoms with Gasteiger partial charge in [-0.15, -0.1) is 0 Å². The van der Waals surface area contributed by atoms with Crippen molar-refractivity contribution in [2.75, 3.05) is 6.54 Å².